The minimum Gasteiger partial charge on any atom is -0.379 e. The number of hydrogen-bond acceptors (Lipinski definition) is 6. The van der Waals surface area contributed by atoms with Gasteiger partial charge in [-0.3, -0.25) is 24.2 Å². The molecule has 4 rings (SSSR count). The van der Waals surface area contributed by atoms with E-state index in [1.165, 1.54) is 17.0 Å². The number of carbonyl (C=O) groups excluding carboxylic acids is 3. The molecule has 0 bridgehead atoms. The molecule has 0 radical (unpaired) electrons. The van der Waals surface area contributed by atoms with E-state index in [9.17, 15) is 18.8 Å². The van der Waals surface area contributed by atoms with Gasteiger partial charge in [0.2, 0.25) is 0 Å². The van der Waals surface area contributed by atoms with Gasteiger partial charge < -0.3 is 10.1 Å². The number of Topliss-reactive ketones (excluding diaryl/α,β-unsaturated/α-hetero) is 1. The molecule has 0 spiro atoms. The van der Waals surface area contributed by atoms with Crippen molar-refractivity contribution in [2.75, 3.05) is 32.8 Å². The third-order valence-corrected chi connectivity index (χ3v) is 5.76. The number of fused-ring (bicyclic) bond motifs is 1. The maximum Gasteiger partial charge on any atom is 0.298 e. The molecule has 30 heavy (non-hydrogen) atoms. The summed E-state index contributed by atoms with van der Waals surface area (Å²) in [5, 5.41) is 2.65. The van der Waals surface area contributed by atoms with E-state index >= 15 is 0 Å². The monoisotopic (exact) mass is 416 g/mol. The number of ether oxygens (including phenoxy) is 1. The lowest BCUT2D eigenvalue weighted by atomic mass is 10.0. The van der Waals surface area contributed by atoms with Crippen molar-refractivity contribution in [2.45, 2.75) is 37.9 Å². The van der Waals surface area contributed by atoms with Gasteiger partial charge in [0.25, 0.3) is 17.6 Å². The second-order valence-corrected chi connectivity index (χ2v) is 7.72. The van der Waals surface area contributed by atoms with E-state index in [2.05, 4.69) is 15.2 Å². The first-order chi connectivity index (χ1) is 14.5. The quantitative estimate of drug-likeness (QED) is 0.570. The van der Waals surface area contributed by atoms with Gasteiger partial charge in [0.15, 0.2) is 6.04 Å². The molecule has 1 N–H and O–H groups in total. The van der Waals surface area contributed by atoms with Gasteiger partial charge in [-0.1, -0.05) is 12.1 Å². The highest BCUT2D eigenvalue weighted by molar-refractivity contribution is 6.46. The van der Waals surface area contributed by atoms with Crippen molar-refractivity contribution < 1.29 is 23.5 Å². The maximum absolute atomic E-state index is 13.0. The number of halogens is 1. The number of nitrogens with zero attached hydrogens (tertiary/aromatic N) is 3. The van der Waals surface area contributed by atoms with Gasteiger partial charge in [0.05, 0.1) is 19.3 Å². The summed E-state index contributed by atoms with van der Waals surface area (Å²) in [5.74, 6) is -1.94. The summed E-state index contributed by atoms with van der Waals surface area (Å²) in [4.78, 5) is 46.3. The number of amides is 2. The van der Waals surface area contributed by atoms with Crippen LogP contribution in [0.15, 0.2) is 29.3 Å². The van der Waals surface area contributed by atoms with Crippen molar-refractivity contribution in [3.05, 3.63) is 35.6 Å². The summed E-state index contributed by atoms with van der Waals surface area (Å²) >= 11 is 0. The van der Waals surface area contributed by atoms with Crippen LogP contribution in [0.4, 0.5) is 4.39 Å². The highest BCUT2D eigenvalue weighted by Gasteiger charge is 2.44. The lowest BCUT2D eigenvalue weighted by Crippen LogP contribution is -2.59. The van der Waals surface area contributed by atoms with E-state index in [1.54, 1.807) is 12.1 Å². The average Bonchev–Trinajstić information content (AvgIpc) is 2.99. The largest absolute Gasteiger partial charge is 0.379 e. The molecule has 2 atom stereocenters. The fourth-order valence-corrected chi connectivity index (χ4v) is 4.13. The zero-order chi connectivity index (χ0) is 21.1. The van der Waals surface area contributed by atoms with Gasteiger partial charge in [0, 0.05) is 26.2 Å². The molecule has 9 heteroatoms. The molecule has 0 saturated carbocycles. The molecule has 0 aromatic heterocycles. The van der Waals surface area contributed by atoms with Crippen LogP contribution in [0.25, 0.3) is 0 Å². The first-order valence-electron chi connectivity index (χ1n) is 10.3. The predicted octanol–water partition coefficient (Wildman–Crippen LogP) is 0.505. The number of benzene rings is 1. The molecule has 2 unspecified atom stereocenters. The number of aliphatic imine (C=N–C) groups is 1. The molecule has 1 aromatic carbocycles. The number of rotatable bonds is 4. The normalized spacial score (nSPS) is 25.4. The minimum absolute atomic E-state index is 0.110. The number of ketones is 1. The average molecular weight is 416 g/mol. The Morgan fingerprint density at radius 3 is 2.60 bits per heavy atom. The zero-order valence-corrected chi connectivity index (χ0v) is 16.7. The topological polar surface area (TPSA) is 91.3 Å². The van der Waals surface area contributed by atoms with Gasteiger partial charge in [-0.25, -0.2) is 9.38 Å². The molecule has 2 amide bonds. The molecule has 2 fully saturated rings. The van der Waals surface area contributed by atoms with Crippen molar-refractivity contribution in [1.82, 2.24) is 15.1 Å². The Balaban J connectivity index is 1.55. The van der Waals surface area contributed by atoms with Gasteiger partial charge in [0.1, 0.15) is 11.7 Å². The molecule has 3 aliphatic rings. The molecule has 1 aromatic rings. The summed E-state index contributed by atoms with van der Waals surface area (Å²) in [6.45, 7) is 3.23. The van der Waals surface area contributed by atoms with Crippen LogP contribution in [0.3, 0.4) is 0 Å². The third-order valence-electron chi connectivity index (χ3n) is 5.76. The van der Waals surface area contributed by atoms with Gasteiger partial charge in [-0.2, -0.15) is 0 Å². The Morgan fingerprint density at radius 1 is 1.13 bits per heavy atom. The molecular weight excluding hydrogens is 391 g/mol. The van der Waals surface area contributed by atoms with Crippen LogP contribution in [0.2, 0.25) is 0 Å². The van der Waals surface area contributed by atoms with E-state index in [-0.39, 0.29) is 18.4 Å². The minimum atomic E-state index is -1.38. The molecule has 0 aliphatic carbocycles. The highest BCUT2D eigenvalue weighted by Crippen LogP contribution is 2.23. The second-order valence-electron chi connectivity index (χ2n) is 7.72. The summed E-state index contributed by atoms with van der Waals surface area (Å²) in [7, 11) is 0. The molecule has 2 saturated heterocycles. The van der Waals surface area contributed by atoms with E-state index < -0.39 is 23.6 Å². The number of hydrogen-bond donors (Lipinski definition) is 1. The maximum atomic E-state index is 13.0. The molecule has 3 heterocycles. The van der Waals surface area contributed by atoms with Crippen molar-refractivity contribution >= 4 is 23.4 Å². The van der Waals surface area contributed by atoms with Crippen LogP contribution in [0.1, 0.15) is 24.8 Å². The lowest BCUT2D eigenvalue weighted by Gasteiger charge is -2.38. The van der Waals surface area contributed by atoms with Crippen LogP contribution in [-0.2, 0) is 25.7 Å². The Kier molecular flexibility index (Phi) is 6.19. The van der Waals surface area contributed by atoms with Crippen molar-refractivity contribution in [3.8, 4) is 0 Å². The number of amidine groups is 1. The first kappa shape index (κ1) is 20.6. The summed E-state index contributed by atoms with van der Waals surface area (Å²) < 4.78 is 18.5. The first-order valence-corrected chi connectivity index (χ1v) is 10.3. The summed E-state index contributed by atoms with van der Waals surface area (Å²) in [5.41, 5.74) is 0.689. The van der Waals surface area contributed by atoms with Gasteiger partial charge in [-0.15, -0.1) is 0 Å². The van der Waals surface area contributed by atoms with Crippen molar-refractivity contribution in [3.63, 3.8) is 0 Å². The fourth-order valence-electron chi connectivity index (χ4n) is 4.13. The van der Waals surface area contributed by atoms with Crippen molar-refractivity contribution in [2.24, 2.45) is 4.99 Å². The fraction of sp³-hybridized carbons (Fsp3) is 0.524. The molecular formula is C21H25FN4O4. The lowest BCUT2D eigenvalue weighted by molar-refractivity contribution is -0.146. The SMILES string of the molecule is O=C(NCc1ccc(F)cc1)C1N=C2C(N3CCOCC3)CCCCN2C(=O)C1=O. The van der Waals surface area contributed by atoms with Crippen LogP contribution in [0.5, 0.6) is 0 Å². The Morgan fingerprint density at radius 2 is 1.87 bits per heavy atom. The number of nitrogens with one attached hydrogen (secondary N) is 1. The van der Waals surface area contributed by atoms with E-state index in [1.807, 2.05) is 0 Å². The Labute approximate surface area is 174 Å². The van der Waals surface area contributed by atoms with Crippen LogP contribution < -0.4 is 5.32 Å². The summed E-state index contributed by atoms with van der Waals surface area (Å²) in [6.07, 6.45) is 2.53. The zero-order valence-electron chi connectivity index (χ0n) is 16.7. The number of carbonyl (C=O) groups is 3. The molecule has 160 valence electrons. The van der Waals surface area contributed by atoms with Crippen LogP contribution in [0, 0.1) is 5.82 Å². The smallest absolute Gasteiger partial charge is 0.298 e. The van der Waals surface area contributed by atoms with Gasteiger partial charge >= 0.3 is 0 Å². The van der Waals surface area contributed by atoms with E-state index in [0.717, 1.165) is 32.4 Å². The Bertz CT molecular complexity index is 851. The predicted molar refractivity (Wildman–Crippen MR) is 106 cm³/mol. The second kappa shape index (κ2) is 9.01. The standard InChI is InChI=1S/C21H25FN4O4/c22-15-6-4-14(5-7-15)13-23-20(28)17-18(27)21(29)26-8-2-1-3-16(19(26)24-17)25-9-11-30-12-10-25/h4-7,16-17H,1-3,8-13H2,(H,23,28). The van der Waals surface area contributed by atoms with E-state index in [0.29, 0.717) is 31.2 Å². The van der Waals surface area contributed by atoms with Crippen LogP contribution in [-0.4, -0.2) is 78.2 Å². The van der Waals surface area contributed by atoms with Crippen LogP contribution >= 0.6 is 0 Å². The Hall–Kier alpha value is -2.65. The van der Waals surface area contributed by atoms with Gasteiger partial charge in [-0.05, 0) is 37.0 Å². The number of morpholine rings is 1. The molecule has 3 aliphatic heterocycles. The molecule has 8 nitrogen and oxygen atoms in total. The summed E-state index contributed by atoms with van der Waals surface area (Å²) in [6, 6.07) is 4.21. The van der Waals surface area contributed by atoms with E-state index in [4.69, 9.17) is 4.74 Å². The van der Waals surface area contributed by atoms with Crippen molar-refractivity contribution in [1.29, 1.82) is 0 Å². The highest BCUT2D eigenvalue weighted by atomic mass is 19.1. The third kappa shape index (κ3) is 4.27.